The monoisotopic (exact) mass is 318 g/mol. The average Bonchev–Trinajstić information content (AvgIpc) is 3.04. The average molecular weight is 318 g/mol. The Balaban J connectivity index is 2.04. The molecule has 0 bridgehead atoms. The Labute approximate surface area is 137 Å². The number of rotatable bonds is 7. The van der Waals surface area contributed by atoms with Crippen molar-refractivity contribution < 1.29 is 14.7 Å². The molecule has 0 spiro atoms. The predicted octanol–water partition coefficient (Wildman–Crippen LogP) is 2.61. The van der Waals surface area contributed by atoms with Gasteiger partial charge in [-0.15, -0.1) is 0 Å². The molecule has 1 aliphatic rings. The molecule has 1 heterocycles. The summed E-state index contributed by atoms with van der Waals surface area (Å²) < 4.78 is 0. The van der Waals surface area contributed by atoms with E-state index in [2.05, 4.69) is 18.7 Å². The maximum atomic E-state index is 12.5. The minimum absolute atomic E-state index is 0.178. The standard InChI is InChI=1S/C18H26N2O3/c1-3-11-19(4-2)13-14-7-9-15(10-8-14)17(21)20-12-5-6-16(20)18(22)23/h7-10,16H,3-6,11-13H2,1-2H3,(H,22,23)/t16-/m1/s1. The van der Waals surface area contributed by atoms with Gasteiger partial charge in [-0.1, -0.05) is 26.0 Å². The van der Waals surface area contributed by atoms with Gasteiger partial charge in [0.25, 0.3) is 5.91 Å². The van der Waals surface area contributed by atoms with Gasteiger partial charge in [-0.2, -0.15) is 0 Å². The van der Waals surface area contributed by atoms with Crippen LogP contribution in [-0.2, 0) is 11.3 Å². The van der Waals surface area contributed by atoms with Crippen LogP contribution in [0, 0.1) is 0 Å². The lowest BCUT2D eigenvalue weighted by Gasteiger charge is -2.22. The second-order valence-corrected chi connectivity index (χ2v) is 6.06. The largest absolute Gasteiger partial charge is 0.480 e. The molecule has 1 aromatic rings. The van der Waals surface area contributed by atoms with Crippen LogP contribution in [0.25, 0.3) is 0 Å². The molecule has 1 aromatic carbocycles. The predicted molar refractivity (Wildman–Crippen MR) is 89.4 cm³/mol. The van der Waals surface area contributed by atoms with E-state index in [-0.39, 0.29) is 5.91 Å². The van der Waals surface area contributed by atoms with E-state index < -0.39 is 12.0 Å². The Morgan fingerprint density at radius 2 is 1.96 bits per heavy atom. The van der Waals surface area contributed by atoms with Crippen molar-refractivity contribution in [2.75, 3.05) is 19.6 Å². The third-order valence-corrected chi connectivity index (χ3v) is 4.39. The smallest absolute Gasteiger partial charge is 0.326 e. The zero-order chi connectivity index (χ0) is 16.8. The fraction of sp³-hybridized carbons (Fsp3) is 0.556. The first-order valence-electron chi connectivity index (χ1n) is 8.41. The summed E-state index contributed by atoms with van der Waals surface area (Å²) in [4.78, 5) is 27.6. The van der Waals surface area contributed by atoms with Crippen molar-refractivity contribution in [3.8, 4) is 0 Å². The summed E-state index contributed by atoms with van der Waals surface area (Å²) in [5, 5.41) is 9.20. The van der Waals surface area contributed by atoms with Crippen LogP contribution < -0.4 is 0 Å². The highest BCUT2D eigenvalue weighted by Crippen LogP contribution is 2.20. The number of aliphatic carboxylic acids is 1. The van der Waals surface area contributed by atoms with Crippen molar-refractivity contribution >= 4 is 11.9 Å². The SMILES string of the molecule is CCCN(CC)Cc1ccc(C(=O)N2CCC[C@@H]2C(=O)O)cc1. The lowest BCUT2D eigenvalue weighted by Crippen LogP contribution is -2.40. The minimum atomic E-state index is -0.911. The number of hydrogen-bond donors (Lipinski definition) is 1. The molecule has 0 saturated carbocycles. The third kappa shape index (κ3) is 4.32. The number of amides is 1. The van der Waals surface area contributed by atoms with Gasteiger partial charge in [0, 0.05) is 18.7 Å². The Bertz CT molecular complexity index is 542. The molecule has 0 radical (unpaired) electrons. The molecule has 0 aromatic heterocycles. The van der Waals surface area contributed by atoms with E-state index in [1.807, 2.05) is 24.3 Å². The molecule has 1 atom stereocenters. The van der Waals surface area contributed by atoms with E-state index in [1.165, 1.54) is 10.5 Å². The first-order valence-corrected chi connectivity index (χ1v) is 8.41. The summed E-state index contributed by atoms with van der Waals surface area (Å²) in [5.41, 5.74) is 1.74. The van der Waals surface area contributed by atoms with Crippen LogP contribution in [0.4, 0.5) is 0 Å². The number of carboxylic acid groups (broad SMARTS) is 1. The molecule has 1 fully saturated rings. The van der Waals surface area contributed by atoms with Crippen LogP contribution in [0.3, 0.4) is 0 Å². The molecule has 1 aliphatic heterocycles. The van der Waals surface area contributed by atoms with Crippen molar-refractivity contribution in [2.45, 2.75) is 45.7 Å². The van der Waals surface area contributed by atoms with Crippen molar-refractivity contribution in [1.29, 1.82) is 0 Å². The van der Waals surface area contributed by atoms with E-state index in [1.54, 1.807) is 0 Å². The maximum absolute atomic E-state index is 12.5. The van der Waals surface area contributed by atoms with Gasteiger partial charge in [-0.05, 0) is 50.0 Å². The summed E-state index contributed by atoms with van der Waals surface area (Å²) in [7, 11) is 0. The highest BCUT2D eigenvalue weighted by Gasteiger charge is 2.34. The molecule has 1 amide bonds. The summed E-state index contributed by atoms with van der Waals surface area (Å²) in [6.07, 6.45) is 2.42. The van der Waals surface area contributed by atoms with Crippen molar-refractivity contribution in [2.24, 2.45) is 0 Å². The first-order chi connectivity index (χ1) is 11.1. The molecular formula is C18H26N2O3. The molecule has 1 N–H and O–H groups in total. The van der Waals surface area contributed by atoms with E-state index in [0.29, 0.717) is 18.5 Å². The Kier molecular flexibility index (Phi) is 6.16. The Morgan fingerprint density at radius 1 is 1.26 bits per heavy atom. The summed E-state index contributed by atoms with van der Waals surface area (Å²) in [6, 6.07) is 6.89. The third-order valence-electron chi connectivity index (χ3n) is 4.39. The van der Waals surface area contributed by atoms with Gasteiger partial charge in [0.1, 0.15) is 6.04 Å². The zero-order valence-electron chi connectivity index (χ0n) is 14.0. The highest BCUT2D eigenvalue weighted by atomic mass is 16.4. The summed E-state index contributed by atoms with van der Waals surface area (Å²) in [5.74, 6) is -1.09. The second kappa shape index (κ2) is 8.11. The van der Waals surface area contributed by atoms with Crippen LogP contribution in [0.1, 0.15) is 49.0 Å². The Hall–Kier alpha value is -1.88. The van der Waals surface area contributed by atoms with Crippen LogP contribution in [0.2, 0.25) is 0 Å². The molecule has 126 valence electrons. The molecule has 0 unspecified atom stereocenters. The topological polar surface area (TPSA) is 60.9 Å². The number of carboxylic acids is 1. The van der Waals surface area contributed by atoms with Crippen LogP contribution >= 0.6 is 0 Å². The van der Waals surface area contributed by atoms with Gasteiger partial charge >= 0.3 is 5.97 Å². The molecule has 23 heavy (non-hydrogen) atoms. The quantitative estimate of drug-likeness (QED) is 0.839. The summed E-state index contributed by atoms with van der Waals surface area (Å²) in [6.45, 7) is 7.78. The van der Waals surface area contributed by atoms with E-state index in [4.69, 9.17) is 0 Å². The summed E-state index contributed by atoms with van der Waals surface area (Å²) >= 11 is 0. The zero-order valence-corrected chi connectivity index (χ0v) is 14.0. The van der Waals surface area contributed by atoms with Crippen LogP contribution in [-0.4, -0.2) is 52.5 Å². The second-order valence-electron chi connectivity index (χ2n) is 6.06. The first kappa shape index (κ1) is 17.5. The fourth-order valence-electron chi connectivity index (χ4n) is 3.11. The molecule has 5 nitrogen and oxygen atoms in total. The molecule has 0 aliphatic carbocycles. The highest BCUT2D eigenvalue weighted by molar-refractivity contribution is 5.97. The van der Waals surface area contributed by atoms with Crippen molar-refractivity contribution in [3.05, 3.63) is 35.4 Å². The number of carbonyl (C=O) groups is 2. The van der Waals surface area contributed by atoms with Crippen molar-refractivity contribution in [3.63, 3.8) is 0 Å². The van der Waals surface area contributed by atoms with Gasteiger partial charge in [-0.3, -0.25) is 9.69 Å². The number of hydrogen-bond acceptors (Lipinski definition) is 3. The number of benzene rings is 1. The maximum Gasteiger partial charge on any atom is 0.326 e. The molecular weight excluding hydrogens is 292 g/mol. The lowest BCUT2D eigenvalue weighted by atomic mass is 10.1. The van der Waals surface area contributed by atoms with E-state index >= 15 is 0 Å². The van der Waals surface area contributed by atoms with Gasteiger partial charge in [0.2, 0.25) is 0 Å². The number of nitrogens with zero attached hydrogens (tertiary/aromatic N) is 2. The van der Waals surface area contributed by atoms with E-state index in [0.717, 1.165) is 32.5 Å². The Morgan fingerprint density at radius 3 is 2.52 bits per heavy atom. The van der Waals surface area contributed by atoms with E-state index in [9.17, 15) is 14.7 Å². The molecule has 1 saturated heterocycles. The van der Waals surface area contributed by atoms with Crippen LogP contribution in [0.5, 0.6) is 0 Å². The lowest BCUT2D eigenvalue weighted by molar-refractivity contribution is -0.141. The van der Waals surface area contributed by atoms with Gasteiger partial charge in [0.05, 0.1) is 0 Å². The number of carbonyl (C=O) groups excluding carboxylic acids is 1. The molecule has 2 rings (SSSR count). The van der Waals surface area contributed by atoms with Crippen molar-refractivity contribution in [1.82, 2.24) is 9.80 Å². The van der Waals surface area contributed by atoms with Gasteiger partial charge in [-0.25, -0.2) is 4.79 Å². The van der Waals surface area contributed by atoms with Gasteiger partial charge < -0.3 is 10.0 Å². The fourth-order valence-corrected chi connectivity index (χ4v) is 3.11. The normalized spacial score (nSPS) is 17.7. The van der Waals surface area contributed by atoms with Crippen LogP contribution in [0.15, 0.2) is 24.3 Å². The number of likely N-dealkylation sites (tertiary alicyclic amines) is 1. The minimum Gasteiger partial charge on any atom is -0.480 e. The van der Waals surface area contributed by atoms with Gasteiger partial charge in [0.15, 0.2) is 0 Å². The molecule has 5 heteroatoms.